The third-order valence-electron chi connectivity index (χ3n) is 6.46. The summed E-state index contributed by atoms with van der Waals surface area (Å²) in [5.41, 5.74) is 7.99. The number of amides is 3. The first kappa shape index (κ1) is 22.5. The Hall–Kier alpha value is -3.68. The van der Waals surface area contributed by atoms with Crippen molar-refractivity contribution in [1.29, 1.82) is 0 Å². The van der Waals surface area contributed by atoms with Gasteiger partial charge in [0.15, 0.2) is 0 Å². The van der Waals surface area contributed by atoms with E-state index in [-0.39, 0.29) is 30.1 Å². The number of hydrogen-bond acceptors (Lipinski definition) is 4. The van der Waals surface area contributed by atoms with Crippen molar-refractivity contribution >= 4 is 23.4 Å². The molecule has 0 aliphatic carbocycles. The maximum absolute atomic E-state index is 13.2. The second-order valence-corrected chi connectivity index (χ2v) is 8.62. The van der Waals surface area contributed by atoms with Crippen molar-refractivity contribution in [2.45, 2.75) is 44.1 Å². The van der Waals surface area contributed by atoms with Crippen LogP contribution in [0.5, 0.6) is 0 Å². The fourth-order valence-electron chi connectivity index (χ4n) is 4.73. The van der Waals surface area contributed by atoms with E-state index in [2.05, 4.69) is 23.6 Å². The molecule has 172 valence electrons. The molecule has 1 aromatic carbocycles. The van der Waals surface area contributed by atoms with Crippen LogP contribution in [0.25, 0.3) is 5.65 Å². The second-order valence-electron chi connectivity index (χ2n) is 8.62. The molecule has 1 saturated heterocycles. The molecule has 8 heteroatoms. The van der Waals surface area contributed by atoms with Crippen LogP contribution < -0.4 is 11.1 Å². The topological polar surface area (TPSA) is 110 Å². The largest absolute Gasteiger partial charge is 0.370 e. The summed E-state index contributed by atoms with van der Waals surface area (Å²) in [6, 6.07) is 15.5. The Balaban J connectivity index is 1.59. The fraction of sp³-hybridized carbons (Fsp3) is 0.360. The van der Waals surface area contributed by atoms with Crippen molar-refractivity contribution in [3.63, 3.8) is 0 Å². The van der Waals surface area contributed by atoms with Crippen LogP contribution in [0.4, 0.5) is 0 Å². The molecule has 33 heavy (non-hydrogen) atoms. The zero-order valence-electron chi connectivity index (χ0n) is 18.7. The number of aromatic nitrogens is 2. The van der Waals surface area contributed by atoms with Crippen LogP contribution in [0.1, 0.15) is 43.9 Å². The molecule has 3 amide bonds. The number of pyridine rings is 1. The number of hydrogen-bond donors (Lipinski definition) is 2. The first-order chi connectivity index (χ1) is 15.9. The summed E-state index contributed by atoms with van der Waals surface area (Å²) in [7, 11) is 0. The number of imidazole rings is 1. The minimum absolute atomic E-state index is 0.0414. The van der Waals surface area contributed by atoms with E-state index >= 15 is 0 Å². The maximum Gasteiger partial charge on any atom is 0.245 e. The SMILES string of the molecule is CC(=O)N[C@@H](CCC(N)=O)C(=O)N1CCC(c2ccccc2)(c2cn3ccccc3n2)CC1. The third-order valence-corrected chi connectivity index (χ3v) is 6.46. The second kappa shape index (κ2) is 9.44. The number of nitrogens with two attached hydrogens (primary N) is 1. The molecule has 0 radical (unpaired) electrons. The monoisotopic (exact) mass is 447 g/mol. The average Bonchev–Trinajstić information content (AvgIpc) is 3.26. The van der Waals surface area contributed by atoms with Crippen molar-refractivity contribution in [1.82, 2.24) is 19.6 Å². The number of fused-ring (bicyclic) bond motifs is 1. The predicted molar refractivity (Wildman–Crippen MR) is 124 cm³/mol. The summed E-state index contributed by atoms with van der Waals surface area (Å²) in [5, 5.41) is 2.68. The van der Waals surface area contributed by atoms with Gasteiger partial charge in [0.25, 0.3) is 0 Å². The van der Waals surface area contributed by atoms with E-state index in [0.717, 1.165) is 11.3 Å². The average molecular weight is 448 g/mol. The van der Waals surface area contributed by atoms with Gasteiger partial charge in [0.2, 0.25) is 17.7 Å². The molecule has 0 bridgehead atoms. The van der Waals surface area contributed by atoms with E-state index < -0.39 is 11.9 Å². The van der Waals surface area contributed by atoms with Crippen LogP contribution in [0.2, 0.25) is 0 Å². The van der Waals surface area contributed by atoms with Crippen LogP contribution >= 0.6 is 0 Å². The number of carbonyl (C=O) groups is 3. The number of primary amides is 1. The van der Waals surface area contributed by atoms with Gasteiger partial charge in [-0.3, -0.25) is 14.4 Å². The van der Waals surface area contributed by atoms with E-state index in [0.29, 0.717) is 25.9 Å². The van der Waals surface area contributed by atoms with Crippen LogP contribution in [0, 0.1) is 0 Å². The lowest BCUT2D eigenvalue weighted by molar-refractivity contribution is -0.137. The van der Waals surface area contributed by atoms with E-state index in [1.165, 1.54) is 12.5 Å². The smallest absolute Gasteiger partial charge is 0.245 e. The van der Waals surface area contributed by atoms with Gasteiger partial charge in [-0.25, -0.2) is 4.98 Å². The Morgan fingerprint density at radius 3 is 2.42 bits per heavy atom. The number of piperidine rings is 1. The fourth-order valence-corrected chi connectivity index (χ4v) is 4.73. The highest BCUT2D eigenvalue weighted by atomic mass is 16.2. The van der Waals surface area contributed by atoms with Gasteiger partial charge in [-0.1, -0.05) is 36.4 Å². The van der Waals surface area contributed by atoms with Crippen molar-refractivity contribution in [3.8, 4) is 0 Å². The minimum Gasteiger partial charge on any atom is -0.370 e. The van der Waals surface area contributed by atoms with E-state index in [9.17, 15) is 14.4 Å². The summed E-state index contributed by atoms with van der Waals surface area (Å²) >= 11 is 0. The first-order valence-electron chi connectivity index (χ1n) is 11.2. The summed E-state index contributed by atoms with van der Waals surface area (Å²) < 4.78 is 2.02. The lowest BCUT2D eigenvalue weighted by Gasteiger charge is -2.42. The zero-order valence-corrected chi connectivity index (χ0v) is 18.7. The number of carbonyl (C=O) groups excluding carboxylic acids is 3. The Labute approximate surface area is 192 Å². The van der Waals surface area contributed by atoms with Gasteiger partial charge in [0.1, 0.15) is 11.7 Å². The quantitative estimate of drug-likeness (QED) is 0.577. The Kier molecular flexibility index (Phi) is 6.44. The molecular formula is C25H29N5O3. The van der Waals surface area contributed by atoms with Crippen LogP contribution in [-0.2, 0) is 19.8 Å². The van der Waals surface area contributed by atoms with Crippen molar-refractivity contribution in [3.05, 3.63) is 72.2 Å². The number of rotatable bonds is 7. The number of likely N-dealkylation sites (tertiary alicyclic amines) is 1. The molecule has 1 fully saturated rings. The minimum atomic E-state index is -0.755. The third kappa shape index (κ3) is 4.74. The number of nitrogens with one attached hydrogen (secondary N) is 1. The van der Waals surface area contributed by atoms with Gasteiger partial charge in [-0.05, 0) is 37.0 Å². The van der Waals surface area contributed by atoms with Gasteiger partial charge in [-0.2, -0.15) is 0 Å². The van der Waals surface area contributed by atoms with Gasteiger partial charge in [0, 0.05) is 44.2 Å². The van der Waals surface area contributed by atoms with Crippen molar-refractivity contribution in [2.75, 3.05) is 13.1 Å². The maximum atomic E-state index is 13.2. The molecule has 3 N–H and O–H groups in total. The van der Waals surface area contributed by atoms with Crippen molar-refractivity contribution in [2.24, 2.45) is 5.73 Å². The van der Waals surface area contributed by atoms with E-state index in [1.807, 2.05) is 47.0 Å². The highest BCUT2D eigenvalue weighted by Gasteiger charge is 2.41. The van der Waals surface area contributed by atoms with E-state index in [4.69, 9.17) is 10.7 Å². The highest BCUT2D eigenvalue weighted by molar-refractivity contribution is 5.87. The lowest BCUT2D eigenvalue weighted by Crippen LogP contribution is -2.53. The summed E-state index contributed by atoms with van der Waals surface area (Å²) in [4.78, 5) is 42.8. The standard InChI is InChI=1S/C25H29N5O3/c1-18(31)27-20(10-11-22(26)32)24(33)29-15-12-25(13-16-29,19-7-3-2-4-8-19)21-17-30-14-6-5-9-23(30)28-21/h2-9,14,17,20H,10-13,15-16H2,1H3,(H2,26,32)(H,27,31)/t20-/m0/s1. The molecule has 1 aliphatic heterocycles. The lowest BCUT2D eigenvalue weighted by atomic mass is 9.70. The van der Waals surface area contributed by atoms with Gasteiger partial charge < -0.3 is 20.4 Å². The molecule has 0 unspecified atom stereocenters. The van der Waals surface area contributed by atoms with Crippen LogP contribution in [0.3, 0.4) is 0 Å². The molecule has 0 saturated carbocycles. The molecule has 1 aliphatic rings. The Morgan fingerprint density at radius 1 is 1.09 bits per heavy atom. The molecule has 3 heterocycles. The molecule has 0 spiro atoms. The molecule has 2 aromatic heterocycles. The predicted octanol–water partition coefficient (Wildman–Crippen LogP) is 2.01. The van der Waals surface area contributed by atoms with Gasteiger partial charge >= 0.3 is 0 Å². The number of nitrogens with zero attached hydrogens (tertiary/aromatic N) is 3. The molecule has 8 nitrogen and oxygen atoms in total. The van der Waals surface area contributed by atoms with Crippen LogP contribution in [-0.4, -0.2) is 51.1 Å². The molecule has 4 rings (SSSR count). The molecular weight excluding hydrogens is 418 g/mol. The first-order valence-corrected chi connectivity index (χ1v) is 11.2. The van der Waals surface area contributed by atoms with Crippen LogP contribution in [0.15, 0.2) is 60.9 Å². The molecule has 1 atom stereocenters. The van der Waals surface area contributed by atoms with E-state index in [1.54, 1.807) is 4.90 Å². The normalized spacial score (nSPS) is 16.3. The highest BCUT2D eigenvalue weighted by Crippen LogP contribution is 2.41. The van der Waals surface area contributed by atoms with Crippen molar-refractivity contribution < 1.29 is 14.4 Å². The Morgan fingerprint density at radius 2 is 1.79 bits per heavy atom. The summed E-state index contributed by atoms with van der Waals surface area (Å²) in [6.07, 6.45) is 5.71. The summed E-state index contributed by atoms with van der Waals surface area (Å²) in [6.45, 7) is 2.41. The molecule has 3 aromatic rings. The van der Waals surface area contributed by atoms with Gasteiger partial charge in [0.05, 0.1) is 5.69 Å². The number of benzene rings is 1. The zero-order chi connectivity index (χ0) is 23.4. The van der Waals surface area contributed by atoms with Gasteiger partial charge in [-0.15, -0.1) is 0 Å². The summed E-state index contributed by atoms with van der Waals surface area (Å²) in [5.74, 6) is -0.979. The Bertz CT molecular complexity index is 1120.